The smallest absolute Gasteiger partial charge is 0.197 e. The highest BCUT2D eigenvalue weighted by molar-refractivity contribution is 9.10. The van der Waals surface area contributed by atoms with Crippen LogP contribution in [0.5, 0.6) is 0 Å². The number of hydrogen-bond donors (Lipinski definition) is 0. The number of fused-ring (bicyclic) bond motifs is 6. The first-order valence-electron chi connectivity index (χ1n) is 8.63. The van der Waals surface area contributed by atoms with Gasteiger partial charge in [0.15, 0.2) is 11.4 Å². The lowest BCUT2D eigenvalue weighted by Gasteiger charge is -2.07. The van der Waals surface area contributed by atoms with E-state index in [2.05, 4.69) is 66.9 Å². The van der Waals surface area contributed by atoms with Crippen molar-refractivity contribution in [2.75, 3.05) is 0 Å². The average Bonchev–Trinajstić information content (AvgIpc) is 3.25. The van der Waals surface area contributed by atoms with Gasteiger partial charge in [-0.25, -0.2) is 9.97 Å². The van der Waals surface area contributed by atoms with E-state index in [-0.39, 0.29) is 0 Å². The van der Waals surface area contributed by atoms with Gasteiger partial charge in [-0.05, 0) is 40.2 Å². The molecule has 0 spiro atoms. The van der Waals surface area contributed by atoms with Crippen molar-refractivity contribution < 1.29 is 4.42 Å². The van der Waals surface area contributed by atoms with E-state index in [4.69, 9.17) is 4.42 Å². The van der Waals surface area contributed by atoms with Gasteiger partial charge in [0.05, 0.1) is 11.0 Å². The molecule has 3 aromatic carbocycles. The predicted molar refractivity (Wildman–Crippen MR) is 111 cm³/mol. The molecule has 0 aliphatic heterocycles. The Morgan fingerprint density at radius 2 is 1.56 bits per heavy atom. The Hall–Kier alpha value is -3.18. The average molecular weight is 414 g/mol. The molecule has 6 rings (SSSR count). The predicted octanol–water partition coefficient (Wildman–Crippen LogP) is 6.24. The van der Waals surface area contributed by atoms with Crippen LogP contribution in [0.3, 0.4) is 0 Å². The first-order chi connectivity index (χ1) is 13.3. The summed E-state index contributed by atoms with van der Waals surface area (Å²) in [5.74, 6) is 0.745. The maximum atomic E-state index is 6.18. The number of aromatic nitrogens is 3. The number of halogens is 1. The molecule has 6 aromatic rings. The van der Waals surface area contributed by atoms with Crippen LogP contribution in [0.1, 0.15) is 0 Å². The highest BCUT2D eigenvalue weighted by Gasteiger charge is 2.20. The minimum Gasteiger partial charge on any atom is -0.450 e. The lowest BCUT2D eigenvalue weighted by atomic mass is 10.2. The molecule has 0 radical (unpaired) electrons. The molecule has 27 heavy (non-hydrogen) atoms. The van der Waals surface area contributed by atoms with Gasteiger partial charge >= 0.3 is 0 Å². The molecule has 0 unspecified atom stereocenters. The zero-order chi connectivity index (χ0) is 18.0. The maximum absolute atomic E-state index is 6.18. The Morgan fingerprint density at radius 1 is 0.778 bits per heavy atom. The van der Waals surface area contributed by atoms with Gasteiger partial charge < -0.3 is 4.42 Å². The van der Waals surface area contributed by atoms with Gasteiger partial charge in [-0.3, -0.25) is 4.57 Å². The highest BCUT2D eigenvalue weighted by Crippen LogP contribution is 2.38. The summed E-state index contributed by atoms with van der Waals surface area (Å²) >= 11 is 3.73. The van der Waals surface area contributed by atoms with E-state index in [1.165, 1.54) is 10.8 Å². The first kappa shape index (κ1) is 14.9. The standard InChI is InChI=1S/C22H12BrN3O/c23-16-9-5-8-14-13-6-1-3-10-17(13)26(20(14)16)22-21-19(24-12-25-22)15-7-2-4-11-18(15)27-21/h1-12H. The van der Waals surface area contributed by atoms with Crippen molar-refractivity contribution in [1.82, 2.24) is 14.5 Å². The first-order valence-corrected chi connectivity index (χ1v) is 9.42. The van der Waals surface area contributed by atoms with Gasteiger partial charge in [0, 0.05) is 20.6 Å². The van der Waals surface area contributed by atoms with Crippen LogP contribution < -0.4 is 0 Å². The van der Waals surface area contributed by atoms with Gasteiger partial charge in [0.2, 0.25) is 0 Å². The van der Waals surface area contributed by atoms with E-state index < -0.39 is 0 Å². The van der Waals surface area contributed by atoms with Crippen LogP contribution in [0.4, 0.5) is 0 Å². The van der Waals surface area contributed by atoms with E-state index in [0.29, 0.717) is 5.58 Å². The van der Waals surface area contributed by atoms with Gasteiger partial charge in [0.1, 0.15) is 17.4 Å². The summed E-state index contributed by atoms with van der Waals surface area (Å²) in [7, 11) is 0. The molecule has 128 valence electrons. The highest BCUT2D eigenvalue weighted by atomic mass is 79.9. The fourth-order valence-corrected chi connectivity index (χ4v) is 4.41. The fourth-order valence-electron chi connectivity index (χ4n) is 3.87. The number of rotatable bonds is 1. The largest absolute Gasteiger partial charge is 0.450 e. The van der Waals surface area contributed by atoms with Crippen LogP contribution in [-0.4, -0.2) is 14.5 Å². The summed E-state index contributed by atoms with van der Waals surface area (Å²) in [5, 5.41) is 3.34. The van der Waals surface area contributed by atoms with Crippen LogP contribution in [0.2, 0.25) is 0 Å². The van der Waals surface area contributed by atoms with Crippen molar-refractivity contribution in [2.24, 2.45) is 0 Å². The second-order valence-electron chi connectivity index (χ2n) is 6.46. The second-order valence-corrected chi connectivity index (χ2v) is 7.32. The maximum Gasteiger partial charge on any atom is 0.197 e. The fraction of sp³-hybridized carbons (Fsp3) is 0. The van der Waals surface area contributed by atoms with Crippen LogP contribution in [-0.2, 0) is 0 Å². The second kappa shape index (κ2) is 5.41. The van der Waals surface area contributed by atoms with Crippen LogP contribution in [0.25, 0.3) is 49.7 Å². The van der Waals surface area contributed by atoms with Crippen molar-refractivity contribution in [1.29, 1.82) is 0 Å². The quantitative estimate of drug-likeness (QED) is 0.320. The number of hydrogen-bond acceptors (Lipinski definition) is 3. The van der Waals surface area contributed by atoms with Gasteiger partial charge in [-0.1, -0.05) is 42.5 Å². The molecule has 0 amide bonds. The van der Waals surface area contributed by atoms with Crippen molar-refractivity contribution in [3.8, 4) is 5.82 Å². The Kier molecular flexibility index (Phi) is 2.99. The van der Waals surface area contributed by atoms with E-state index in [1.54, 1.807) is 6.33 Å². The normalized spacial score (nSPS) is 11.9. The molecule has 0 fully saturated rings. The molecule has 0 aliphatic rings. The lowest BCUT2D eigenvalue weighted by Crippen LogP contribution is -1.99. The SMILES string of the molecule is Brc1cccc2c3ccccc3n(-c3ncnc4c3oc3ccccc34)c12. The monoisotopic (exact) mass is 413 g/mol. The van der Waals surface area contributed by atoms with E-state index in [0.717, 1.165) is 37.8 Å². The molecule has 0 saturated carbocycles. The third-order valence-electron chi connectivity index (χ3n) is 5.00. The van der Waals surface area contributed by atoms with Crippen molar-refractivity contribution in [3.05, 3.63) is 77.5 Å². The number of para-hydroxylation sites is 3. The molecular weight excluding hydrogens is 402 g/mol. The summed E-state index contributed by atoms with van der Waals surface area (Å²) in [6, 6.07) is 22.5. The summed E-state index contributed by atoms with van der Waals surface area (Å²) < 4.78 is 9.35. The minimum atomic E-state index is 0.692. The summed E-state index contributed by atoms with van der Waals surface area (Å²) in [6.07, 6.45) is 1.61. The van der Waals surface area contributed by atoms with E-state index in [9.17, 15) is 0 Å². The molecule has 3 heterocycles. The zero-order valence-corrected chi connectivity index (χ0v) is 15.6. The van der Waals surface area contributed by atoms with Gasteiger partial charge in [-0.2, -0.15) is 0 Å². The Labute approximate surface area is 162 Å². The molecule has 0 bridgehead atoms. The topological polar surface area (TPSA) is 43.9 Å². The third-order valence-corrected chi connectivity index (χ3v) is 5.64. The van der Waals surface area contributed by atoms with Crippen molar-refractivity contribution >= 4 is 59.8 Å². The third kappa shape index (κ3) is 1.97. The van der Waals surface area contributed by atoms with Crippen molar-refractivity contribution in [3.63, 3.8) is 0 Å². The zero-order valence-electron chi connectivity index (χ0n) is 14.1. The number of nitrogens with zero attached hydrogens (tertiary/aromatic N) is 3. The van der Waals surface area contributed by atoms with Crippen LogP contribution in [0, 0.1) is 0 Å². The van der Waals surface area contributed by atoms with E-state index >= 15 is 0 Å². The molecular formula is C22H12BrN3O. The Bertz CT molecular complexity index is 1500. The summed E-state index contributed by atoms with van der Waals surface area (Å²) in [5.41, 5.74) is 4.48. The molecule has 0 saturated heterocycles. The molecule has 0 aliphatic carbocycles. The number of furan rings is 1. The van der Waals surface area contributed by atoms with Gasteiger partial charge in [0.25, 0.3) is 0 Å². The summed E-state index contributed by atoms with van der Waals surface area (Å²) in [6.45, 7) is 0. The van der Waals surface area contributed by atoms with Crippen LogP contribution in [0.15, 0.2) is 81.9 Å². The molecule has 0 N–H and O–H groups in total. The molecule has 4 nitrogen and oxygen atoms in total. The lowest BCUT2D eigenvalue weighted by molar-refractivity contribution is 0.662. The minimum absolute atomic E-state index is 0.692. The van der Waals surface area contributed by atoms with E-state index in [1.807, 2.05) is 30.3 Å². The van der Waals surface area contributed by atoms with Crippen LogP contribution >= 0.6 is 15.9 Å². The molecule has 0 atom stereocenters. The van der Waals surface area contributed by atoms with Gasteiger partial charge in [-0.15, -0.1) is 0 Å². The summed E-state index contributed by atoms with van der Waals surface area (Å²) in [4.78, 5) is 9.12. The number of benzene rings is 3. The Morgan fingerprint density at radius 3 is 2.48 bits per heavy atom. The van der Waals surface area contributed by atoms with Crippen molar-refractivity contribution in [2.45, 2.75) is 0 Å². The Balaban J connectivity index is 1.86. The molecule has 5 heteroatoms. The molecule has 3 aromatic heterocycles.